The zero-order chi connectivity index (χ0) is 23.7. The van der Waals surface area contributed by atoms with Crippen LogP contribution in [-0.4, -0.2) is 30.3 Å². The van der Waals surface area contributed by atoms with Gasteiger partial charge < -0.3 is 14.4 Å². The molecule has 0 amide bonds. The molecule has 0 radical (unpaired) electrons. The van der Waals surface area contributed by atoms with Gasteiger partial charge in [0.1, 0.15) is 0 Å². The summed E-state index contributed by atoms with van der Waals surface area (Å²) in [6, 6.07) is 23.2. The molecule has 6 nitrogen and oxygen atoms in total. The van der Waals surface area contributed by atoms with Gasteiger partial charge in [0.25, 0.3) is 5.56 Å². The monoisotopic (exact) mass is 473 g/mol. The van der Waals surface area contributed by atoms with Crippen LogP contribution in [-0.2, 0) is 13.0 Å². The van der Waals surface area contributed by atoms with Gasteiger partial charge in [0.05, 0.1) is 19.9 Å². The number of fused-ring (bicyclic) bond motifs is 1. The number of ether oxygens (including phenoxy) is 2. The summed E-state index contributed by atoms with van der Waals surface area (Å²) in [5.74, 6) is 1.47. The molecule has 0 saturated carbocycles. The minimum absolute atomic E-state index is 0.222. The lowest BCUT2D eigenvalue weighted by molar-refractivity contribution is 0.355. The fraction of sp³-hybridized carbons (Fsp3) is 0.185. The summed E-state index contributed by atoms with van der Waals surface area (Å²) < 4.78 is 12.5. The van der Waals surface area contributed by atoms with Gasteiger partial charge in [-0.15, -0.1) is 0 Å². The highest BCUT2D eigenvalue weighted by Crippen LogP contribution is 2.36. The fourth-order valence-electron chi connectivity index (χ4n) is 4.43. The number of halogens is 1. The van der Waals surface area contributed by atoms with E-state index in [2.05, 4.69) is 17.1 Å². The predicted molar refractivity (Wildman–Crippen MR) is 135 cm³/mol. The van der Waals surface area contributed by atoms with Gasteiger partial charge in [-0.05, 0) is 47.9 Å². The van der Waals surface area contributed by atoms with Gasteiger partial charge in [0.15, 0.2) is 22.5 Å². The number of benzene rings is 3. The largest absolute Gasteiger partial charge is 0.493 e. The van der Waals surface area contributed by atoms with E-state index in [1.54, 1.807) is 30.9 Å². The van der Waals surface area contributed by atoms with Crippen LogP contribution < -0.4 is 19.9 Å². The third-order valence-corrected chi connectivity index (χ3v) is 6.38. The molecule has 2 heterocycles. The van der Waals surface area contributed by atoms with Crippen molar-refractivity contribution >= 4 is 17.4 Å². The molecule has 1 aliphatic heterocycles. The SMILES string of the molecule is COc1ccc(-c2c(Cl)nc(N3CCc4ccccc4C3)c(=O)n2-c2ccccc2)cc1OC. The Balaban J connectivity index is 1.70. The first-order valence-electron chi connectivity index (χ1n) is 11.0. The minimum Gasteiger partial charge on any atom is -0.493 e. The van der Waals surface area contributed by atoms with Crippen molar-refractivity contribution in [3.05, 3.63) is 99.4 Å². The van der Waals surface area contributed by atoms with E-state index in [1.165, 1.54) is 11.1 Å². The maximum atomic E-state index is 13.9. The van der Waals surface area contributed by atoms with E-state index in [9.17, 15) is 4.79 Å². The highest BCUT2D eigenvalue weighted by molar-refractivity contribution is 6.32. The normalized spacial score (nSPS) is 12.9. The smallest absolute Gasteiger partial charge is 0.298 e. The quantitative estimate of drug-likeness (QED) is 0.402. The highest BCUT2D eigenvalue weighted by Gasteiger charge is 2.25. The summed E-state index contributed by atoms with van der Waals surface area (Å²) in [7, 11) is 3.15. The van der Waals surface area contributed by atoms with Crippen LogP contribution in [0.5, 0.6) is 11.5 Å². The molecule has 0 atom stereocenters. The number of hydrogen-bond acceptors (Lipinski definition) is 5. The molecule has 4 aromatic rings. The van der Waals surface area contributed by atoms with Crippen LogP contribution in [0.1, 0.15) is 11.1 Å². The van der Waals surface area contributed by atoms with Crippen LogP contribution in [0, 0.1) is 0 Å². The third-order valence-electron chi connectivity index (χ3n) is 6.12. The van der Waals surface area contributed by atoms with Crippen molar-refractivity contribution in [1.29, 1.82) is 0 Å². The van der Waals surface area contributed by atoms with Crippen LogP contribution in [0.4, 0.5) is 5.82 Å². The summed E-state index contributed by atoms with van der Waals surface area (Å²) in [6.07, 6.45) is 0.845. The van der Waals surface area contributed by atoms with E-state index >= 15 is 0 Å². The van der Waals surface area contributed by atoms with Gasteiger partial charge in [0, 0.05) is 24.3 Å². The maximum Gasteiger partial charge on any atom is 0.298 e. The Kier molecular flexibility index (Phi) is 5.99. The second kappa shape index (κ2) is 9.23. The Labute approximate surface area is 203 Å². The molecule has 0 saturated heterocycles. The first-order valence-corrected chi connectivity index (χ1v) is 11.4. The number of hydrogen-bond donors (Lipinski definition) is 0. The predicted octanol–water partition coefficient (Wildman–Crippen LogP) is 5.13. The van der Waals surface area contributed by atoms with Gasteiger partial charge in [-0.1, -0.05) is 54.1 Å². The van der Waals surface area contributed by atoms with Gasteiger partial charge >= 0.3 is 0 Å². The molecular formula is C27H24ClN3O3. The van der Waals surface area contributed by atoms with Crippen molar-refractivity contribution in [2.75, 3.05) is 25.7 Å². The molecule has 1 aromatic heterocycles. The third kappa shape index (κ3) is 3.90. The fourth-order valence-corrected chi connectivity index (χ4v) is 4.70. The van der Waals surface area contributed by atoms with E-state index < -0.39 is 0 Å². The van der Waals surface area contributed by atoms with Crippen molar-refractivity contribution in [2.45, 2.75) is 13.0 Å². The summed E-state index contributed by atoms with van der Waals surface area (Å²) in [4.78, 5) is 20.6. The molecule has 3 aromatic carbocycles. The van der Waals surface area contributed by atoms with E-state index in [-0.39, 0.29) is 10.7 Å². The molecule has 0 unspecified atom stereocenters. The standard InChI is InChI=1S/C27H24ClN3O3/c1-33-22-13-12-19(16-23(22)34-2)24-25(28)29-26(27(32)31(24)21-10-4-3-5-11-21)30-15-14-18-8-6-7-9-20(18)17-30/h3-13,16H,14-15,17H2,1-2H3. The highest BCUT2D eigenvalue weighted by atomic mass is 35.5. The van der Waals surface area contributed by atoms with Crippen molar-refractivity contribution < 1.29 is 9.47 Å². The number of para-hydroxylation sites is 1. The van der Waals surface area contributed by atoms with Crippen LogP contribution in [0.15, 0.2) is 77.6 Å². The van der Waals surface area contributed by atoms with E-state index in [1.807, 2.05) is 53.4 Å². The van der Waals surface area contributed by atoms with Gasteiger partial charge in [-0.25, -0.2) is 4.98 Å². The first-order chi connectivity index (χ1) is 16.6. The lowest BCUT2D eigenvalue weighted by Crippen LogP contribution is -2.37. The number of methoxy groups -OCH3 is 2. The summed E-state index contributed by atoms with van der Waals surface area (Å²) in [5, 5.41) is 0.240. The molecule has 0 N–H and O–H groups in total. The van der Waals surface area contributed by atoms with Gasteiger partial charge in [-0.3, -0.25) is 9.36 Å². The van der Waals surface area contributed by atoms with Gasteiger partial charge in [-0.2, -0.15) is 0 Å². The van der Waals surface area contributed by atoms with Crippen molar-refractivity contribution in [3.63, 3.8) is 0 Å². The van der Waals surface area contributed by atoms with Gasteiger partial charge in [0.2, 0.25) is 0 Å². The van der Waals surface area contributed by atoms with Crippen molar-refractivity contribution in [2.24, 2.45) is 0 Å². The summed E-state index contributed by atoms with van der Waals surface area (Å²) in [6.45, 7) is 1.30. The summed E-state index contributed by atoms with van der Waals surface area (Å²) >= 11 is 6.81. The van der Waals surface area contributed by atoms with E-state index in [4.69, 9.17) is 21.1 Å². The molecule has 0 spiro atoms. The van der Waals surface area contributed by atoms with Crippen LogP contribution in [0.3, 0.4) is 0 Å². The van der Waals surface area contributed by atoms with Crippen molar-refractivity contribution in [3.8, 4) is 28.4 Å². The second-order valence-electron chi connectivity index (χ2n) is 8.06. The molecule has 7 heteroatoms. The molecule has 34 heavy (non-hydrogen) atoms. The second-order valence-corrected chi connectivity index (χ2v) is 8.42. The van der Waals surface area contributed by atoms with E-state index in [0.29, 0.717) is 47.4 Å². The lowest BCUT2D eigenvalue weighted by atomic mass is 10.00. The molecule has 0 bridgehead atoms. The molecule has 1 aliphatic rings. The Morgan fingerprint density at radius 2 is 1.59 bits per heavy atom. The van der Waals surface area contributed by atoms with E-state index in [0.717, 1.165) is 6.42 Å². The zero-order valence-electron chi connectivity index (χ0n) is 19.0. The zero-order valence-corrected chi connectivity index (χ0v) is 19.7. The lowest BCUT2D eigenvalue weighted by Gasteiger charge is -2.30. The molecule has 0 aliphatic carbocycles. The number of rotatable bonds is 5. The molecule has 5 rings (SSSR count). The van der Waals surface area contributed by atoms with Crippen LogP contribution in [0.25, 0.3) is 16.9 Å². The number of nitrogens with zero attached hydrogens (tertiary/aromatic N) is 3. The Bertz CT molecular complexity index is 1400. The topological polar surface area (TPSA) is 56.6 Å². The van der Waals surface area contributed by atoms with Crippen molar-refractivity contribution in [1.82, 2.24) is 9.55 Å². The molecule has 172 valence electrons. The maximum absolute atomic E-state index is 13.9. The average Bonchev–Trinajstić information content (AvgIpc) is 2.89. The Morgan fingerprint density at radius 3 is 2.32 bits per heavy atom. The molecular weight excluding hydrogens is 450 g/mol. The number of aromatic nitrogens is 2. The average molecular weight is 474 g/mol. The summed E-state index contributed by atoms with van der Waals surface area (Å²) in [5.41, 5.74) is 4.18. The Hall–Kier alpha value is -3.77. The van der Waals surface area contributed by atoms with Crippen LogP contribution in [0.2, 0.25) is 5.15 Å². The Morgan fingerprint density at radius 1 is 0.882 bits per heavy atom. The molecule has 0 fully saturated rings. The first kappa shape index (κ1) is 22.0. The minimum atomic E-state index is -0.222. The van der Waals surface area contributed by atoms with Crippen LogP contribution >= 0.6 is 11.6 Å². The number of anilines is 1.